The molecule has 24 heavy (non-hydrogen) atoms. The molecule has 0 spiro atoms. The third kappa shape index (κ3) is 4.72. The number of carbonyl (C=O) groups excluding carboxylic acids is 1. The molecule has 126 valence electrons. The highest BCUT2D eigenvalue weighted by Crippen LogP contribution is 2.21. The molecule has 1 amide bonds. The summed E-state index contributed by atoms with van der Waals surface area (Å²) in [6.07, 6.45) is 5.91. The summed E-state index contributed by atoms with van der Waals surface area (Å²) in [5, 5.41) is 2.94. The van der Waals surface area contributed by atoms with Gasteiger partial charge in [-0.15, -0.1) is 6.58 Å². The Morgan fingerprint density at radius 2 is 1.96 bits per heavy atom. The van der Waals surface area contributed by atoms with Gasteiger partial charge < -0.3 is 10.1 Å². The minimum absolute atomic E-state index is 0.121. The zero-order valence-electron chi connectivity index (χ0n) is 14.5. The number of anilines is 1. The molecule has 0 saturated heterocycles. The summed E-state index contributed by atoms with van der Waals surface area (Å²) in [4.78, 5) is 12.4. The van der Waals surface area contributed by atoms with E-state index in [0.29, 0.717) is 12.0 Å². The summed E-state index contributed by atoms with van der Waals surface area (Å²) in [5.74, 6) is 0.649. The van der Waals surface area contributed by atoms with Crippen molar-refractivity contribution in [2.45, 2.75) is 32.6 Å². The monoisotopic (exact) mass is 323 g/mol. The number of unbranched alkanes of at least 4 members (excludes halogenated alkanes) is 1. The number of benzene rings is 2. The van der Waals surface area contributed by atoms with Gasteiger partial charge in [-0.3, -0.25) is 4.79 Å². The predicted octanol–water partition coefficient (Wildman–Crippen LogP) is 5.02. The number of rotatable bonds is 8. The Morgan fingerprint density at radius 1 is 1.21 bits per heavy atom. The Kier molecular flexibility index (Phi) is 6.62. The average molecular weight is 323 g/mol. The van der Waals surface area contributed by atoms with Crippen molar-refractivity contribution in [2.24, 2.45) is 0 Å². The third-order valence-electron chi connectivity index (χ3n) is 3.94. The normalized spacial score (nSPS) is 10.2. The van der Waals surface area contributed by atoms with Crippen molar-refractivity contribution in [2.75, 3.05) is 12.4 Å². The van der Waals surface area contributed by atoms with Crippen LogP contribution in [0.1, 0.15) is 41.3 Å². The van der Waals surface area contributed by atoms with Crippen LogP contribution in [0.15, 0.2) is 55.1 Å². The van der Waals surface area contributed by atoms with Gasteiger partial charge in [0.05, 0.1) is 7.11 Å². The van der Waals surface area contributed by atoms with Gasteiger partial charge in [-0.1, -0.05) is 31.6 Å². The fraction of sp³-hybridized carbons (Fsp3) is 0.286. The number of hydrogen-bond acceptors (Lipinski definition) is 2. The van der Waals surface area contributed by atoms with Crippen molar-refractivity contribution in [3.63, 3.8) is 0 Å². The lowest BCUT2D eigenvalue weighted by atomic mass is 10.1. The molecule has 0 aliphatic heterocycles. The van der Waals surface area contributed by atoms with E-state index >= 15 is 0 Å². The number of aryl methyl sites for hydroxylation is 1. The summed E-state index contributed by atoms with van der Waals surface area (Å²) < 4.78 is 5.32. The van der Waals surface area contributed by atoms with Gasteiger partial charge in [0.1, 0.15) is 5.75 Å². The number of hydrogen-bond donors (Lipinski definition) is 1. The van der Waals surface area contributed by atoms with Crippen molar-refractivity contribution in [1.82, 2.24) is 0 Å². The molecule has 0 aromatic heterocycles. The molecule has 0 atom stereocenters. The highest BCUT2D eigenvalue weighted by atomic mass is 16.5. The maximum atomic E-state index is 12.4. The number of methoxy groups -OCH3 is 1. The van der Waals surface area contributed by atoms with E-state index in [1.54, 1.807) is 19.3 Å². The van der Waals surface area contributed by atoms with E-state index < -0.39 is 0 Å². The zero-order valence-corrected chi connectivity index (χ0v) is 14.5. The minimum atomic E-state index is -0.121. The second kappa shape index (κ2) is 8.92. The van der Waals surface area contributed by atoms with Crippen LogP contribution in [0.25, 0.3) is 0 Å². The fourth-order valence-corrected chi connectivity index (χ4v) is 2.57. The van der Waals surface area contributed by atoms with Gasteiger partial charge in [-0.05, 0) is 60.7 Å². The smallest absolute Gasteiger partial charge is 0.255 e. The fourth-order valence-electron chi connectivity index (χ4n) is 2.57. The Hall–Kier alpha value is -2.55. The van der Waals surface area contributed by atoms with Gasteiger partial charge in [0.15, 0.2) is 0 Å². The second-order valence-corrected chi connectivity index (χ2v) is 5.77. The number of amides is 1. The van der Waals surface area contributed by atoms with E-state index in [1.807, 2.05) is 24.3 Å². The van der Waals surface area contributed by atoms with Crippen LogP contribution in [0.3, 0.4) is 0 Å². The standard InChI is InChI=1S/C21H25NO2/c1-4-6-8-16-9-12-19(13-10-16)22-21(23)18-11-14-20(24-3)17(15-18)7-5-2/h5,9-15H,2,4,6-8H2,1,3H3,(H,22,23). The first-order valence-corrected chi connectivity index (χ1v) is 8.36. The molecule has 2 aromatic carbocycles. The molecule has 1 N–H and O–H groups in total. The van der Waals surface area contributed by atoms with Crippen LogP contribution in [0.5, 0.6) is 5.75 Å². The Bertz CT molecular complexity index is 689. The molecule has 0 saturated carbocycles. The number of nitrogens with one attached hydrogen (secondary N) is 1. The zero-order chi connectivity index (χ0) is 17.4. The molecular formula is C21H25NO2. The Balaban J connectivity index is 2.08. The van der Waals surface area contributed by atoms with Gasteiger partial charge in [-0.2, -0.15) is 0 Å². The second-order valence-electron chi connectivity index (χ2n) is 5.77. The van der Waals surface area contributed by atoms with Crippen LogP contribution in [-0.4, -0.2) is 13.0 Å². The van der Waals surface area contributed by atoms with Crippen LogP contribution in [-0.2, 0) is 12.8 Å². The van der Waals surface area contributed by atoms with Gasteiger partial charge in [0, 0.05) is 11.3 Å². The molecule has 0 aliphatic rings. The maximum absolute atomic E-state index is 12.4. The van der Waals surface area contributed by atoms with Crippen LogP contribution >= 0.6 is 0 Å². The van der Waals surface area contributed by atoms with E-state index in [-0.39, 0.29) is 5.91 Å². The topological polar surface area (TPSA) is 38.3 Å². The third-order valence-corrected chi connectivity index (χ3v) is 3.94. The lowest BCUT2D eigenvalue weighted by Gasteiger charge is -2.10. The Labute approximate surface area is 144 Å². The highest BCUT2D eigenvalue weighted by Gasteiger charge is 2.10. The lowest BCUT2D eigenvalue weighted by molar-refractivity contribution is 0.102. The van der Waals surface area contributed by atoms with Crippen molar-refractivity contribution < 1.29 is 9.53 Å². The first-order chi connectivity index (χ1) is 11.7. The SMILES string of the molecule is C=CCc1cc(C(=O)Nc2ccc(CCCC)cc2)ccc1OC. The van der Waals surface area contributed by atoms with E-state index in [1.165, 1.54) is 18.4 Å². The molecule has 0 heterocycles. The Morgan fingerprint density at radius 3 is 2.58 bits per heavy atom. The number of allylic oxidation sites excluding steroid dienone is 1. The lowest BCUT2D eigenvalue weighted by Crippen LogP contribution is -2.12. The molecular weight excluding hydrogens is 298 g/mol. The van der Waals surface area contributed by atoms with Gasteiger partial charge in [0.2, 0.25) is 0 Å². The van der Waals surface area contributed by atoms with Crippen molar-refractivity contribution in [1.29, 1.82) is 0 Å². The van der Waals surface area contributed by atoms with Crippen LogP contribution in [0.4, 0.5) is 5.69 Å². The van der Waals surface area contributed by atoms with Gasteiger partial charge in [0.25, 0.3) is 5.91 Å². The van der Waals surface area contributed by atoms with E-state index in [0.717, 1.165) is 23.4 Å². The van der Waals surface area contributed by atoms with Gasteiger partial charge in [-0.25, -0.2) is 0 Å². The molecule has 3 nitrogen and oxygen atoms in total. The first-order valence-electron chi connectivity index (χ1n) is 8.36. The molecule has 0 aliphatic carbocycles. The summed E-state index contributed by atoms with van der Waals surface area (Å²) in [5.41, 5.74) is 3.67. The molecule has 2 rings (SSSR count). The molecule has 2 aromatic rings. The summed E-state index contributed by atoms with van der Waals surface area (Å²) in [7, 11) is 1.63. The maximum Gasteiger partial charge on any atom is 0.255 e. The molecule has 0 fully saturated rings. The van der Waals surface area contributed by atoms with Crippen LogP contribution in [0.2, 0.25) is 0 Å². The number of ether oxygens (including phenoxy) is 1. The average Bonchev–Trinajstić information content (AvgIpc) is 2.61. The molecule has 0 radical (unpaired) electrons. The summed E-state index contributed by atoms with van der Waals surface area (Å²) in [6, 6.07) is 13.5. The van der Waals surface area contributed by atoms with E-state index in [2.05, 4.69) is 31.0 Å². The summed E-state index contributed by atoms with van der Waals surface area (Å²) >= 11 is 0. The highest BCUT2D eigenvalue weighted by molar-refractivity contribution is 6.04. The van der Waals surface area contributed by atoms with E-state index in [4.69, 9.17) is 4.74 Å². The largest absolute Gasteiger partial charge is 0.496 e. The molecule has 3 heteroatoms. The quantitative estimate of drug-likeness (QED) is 0.693. The molecule has 0 unspecified atom stereocenters. The van der Waals surface area contributed by atoms with E-state index in [9.17, 15) is 4.79 Å². The van der Waals surface area contributed by atoms with Crippen molar-refractivity contribution >= 4 is 11.6 Å². The summed E-state index contributed by atoms with van der Waals surface area (Å²) in [6.45, 7) is 5.93. The van der Waals surface area contributed by atoms with Crippen LogP contribution < -0.4 is 10.1 Å². The van der Waals surface area contributed by atoms with Crippen LogP contribution in [0, 0.1) is 0 Å². The first kappa shape index (κ1) is 17.8. The van der Waals surface area contributed by atoms with Gasteiger partial charge >= 0.3 is 0 Å². The van der Waals surface area contributed by atoms with Crippen molar-refractivity contribution in [3.05, 3.63) is 71.8 Å². The minimum Gasteiger partial charge on any atom is -0.496 e. The number of carbonyl (C=O) groups is 1. The molecule has 0 bridgehead atoms. The predicted molar refractivity (Wildman–Crippen MR) is 99.9 cm³/mol. The van der Waals surface area contributed by atoms with Crippen molar-refractivity contribution in [3.8, 4) is 5.75 Å².